The smallest absolute Gasteiger partial charge is 0.326 e. The first-order valence-corrected chi connectivity index (χ1v) is 7.59. The number of thioether (sulfide) groups is 1. The normalized spacial score (nSPS) is 22.1. The van der Waals surface area contributed by atoms with E-state index in [4.69, 9.17) is 16.7 Å². The number of halogens is 1. The molecule has 1 amide bonds. The molecule has 7 heteroatoms. The van der Waals surface area contributed by atoms with Gasteiger partial charge in [0.15, 0.2) is 0 Å². The summed E-state index contributed by atoms with van der Waals surface area (Å²) in [5.74, 6) is -1.58. The minimum absolute atomic E-state index is 0.00955. The average Bonchev–Trinajstić information content (AvgIpc) is 2.81. The maximum atomic E-state index is 12.5. The number of nitrogens with zero attached hydrogens (tertiary/aromatic N) is 1. The summed E-state index contributed by atoms with van der Waals surface area (Å²) in [5, 5.41) is 19.0. The predicted molar refractivity (Wildman–Crippen MR) is 76.3 cm³/mol. The van der Waals surface area contributed by atoms with Gasteiger partial charge in [-0.1, -0.05) is 11.6 Å². The maximum absolute atomic E-state index is 12.5. The molecule has 108 valence electrons. The van der Waals surface area contributed by atoms with Gasteiger partial charge in [-0.05, 0) is 24.5 Å². The van der Waals surface area contributed by atoms with Crippen molar-refractivity contribution in [2.24, 2.45) is 0 Å². The summed E-state index contributed by atoms with van der Waals surface area (Å²) >= 11 is 7.49. The number of carbonyl (C=O) groups is 2. The number of amides is 1. The number of hydrogen-bond donors (Lipinski definition) is 2. The fourth-order valence-corrected chi connectivity index (χ4v) is 2.86. The summed E-state index contributed by atoms with van der Waals surface area (Å²) in [4.78, 5) is 25.6. The lowest BCUT2D eigenvalue weighted by molar-refractivity contribution is -0.141. The molecule has 0 spiro atoms. The number of likely N-dealkylation sites (tertiary alicyclic amines) is 1. The Morgan fingerprint density at radius 1 is 1.45 bits per heavy atom. The second-order valence-corrected chi connectivity index (χ2v) is 5.83. The van der Waals surface area contributed by atoms with Gasteiger partial charge in [-0.3, -0.25) is 4.79 Å². The van der Waals surface area contributed by atoms with Crippen molar-refractivity contribution in [3.63, 3.8) is 0 Å². The van der Waals surface area contributed by atoms with Crippen LogP contribution in [0.5, 0.6) is 0 Å². The van der Waals surface area contributed by atoms with E-state index in [1.165, 1.54) is 16.7 Å². The molecule has 2 atom stereocenters. The van der Waals surface area contributed by atoms with Crippen molar-refractivity contribution in [3.8, 4) is 0 Å². The molecule has 1 fully saturated rings. The fraction of sp³-hybridized carbons (Fsp3) is 0.385. The molecule has 1 saturated heterocycles. The minimum Gasteiger partial charge on any atom is -0.480 e. The van der Waals surface area contributed by atoms with Crippen LogP contribution in [0.1, 0.15) is 16.8 Å². The molecule has 2 N–H and O–H groups in total. The molecule has 0 aliphatic carbocycles. The van der Waals surface area contributed by atoms with Crippen molar-refractivity contribution in [2.75, 3.05) is 12.8 Å². The van der Waals surface area contributed by atoms with E-state index in [1.54, 1.807) is 18.2 Å². The summed E-state index contributed by atoms with van der Waals surface area (Å²) in [6, 6.07) is 4.03. The van der Waals surface area contributed by atoms with E-state index in [1.807, 2.05) is 6.26 Å². The molecule has 20 heavy (non-hydrogen) atoms. The highest BCUT2D eigenvalue weighted by atomic mass is 35.5. The summed E-state index contributed by atoms with van der Waals surface area (Å²) < 4.78 is 0. The van der Waals surface area contributed by atoms with Crippen molar-refractivity contribution in [2.45, 2.75) is 23.5 Å². The van der Waals surface area contributed by atoms with Gasteiger partial charge in [-0.2, -0.15) is 0 Å². The van der Waals surface area contributed by atoms with Gasteiger partial charge in [-0.25, -0.2) is 4.79 Å². The number of hydrogen-bond acceptors (Lipinski definition) is 4. The molecular weight excluding hydrogens is 302 g/mol. The van der Waals surface area contributed by atoms with Gasteiger partial charge in [0.05, 0.1) is 16.7 Å². The Hall–Kier alpha value is -1.24. The molecule has 1 aromatic carbocycles. The van der Waals surface area contributed by atoms with Gasteiger partial charge in [0.2, 0.25) is 0 Å². The summed E-state index contributed by atoms with van der Waals surface area (Å²) in [7, 11) is 0. The second kappa shape index (κ2) is 6.03. The third-order valence-corrected chi connectivity index (χ3v) is 4.28. The second-order valence-electron chi connectivity index (χ2n) is 4.55. The lowest BCUT2D eigenvalue weighted by Gasteiger charge is -2.21. The highest BCUT2D eigenvalue weighted by Gasteiger charge is 2.39. The van der Waals surface area contributed by atoms with Gasteiger partial charge in [0.25, 0.3) is 5.91 Å². The van der Waals surface area contributed by atoms with Crippen LogP contribution in [-0.2, 0) is 4.79 Å². The van der Waals surface area contributed by atoms with Crippen molar-refractivity contribution in [1.29, 1.82) is 0 Å². The molecule has 2 rings (SSSR count). The fourth-order valence-electron chi connectivity index (χ4n) is 2.22. The summed E-state index contributed by atoms with van der Waals surface area (Å²) in [6.07, 6.45) is 1.10. The third kappa shape index (κ3) is 2.92. The Kier molecular flexibility index (Phi) is 4.57. The van der Waals surface area contributed by atoms with E-state index in [0.717, 1.165) is 4.90 Å². The Bertz CT molecular complexity index is 551. The van der Waals surface area contributed by atoms with E-state index < -0.39 is 24.0 Å². The number of benzene rings is 1. The molecule has 1 heterocycles. The average molecular weight is 316 g/mol. The largest absolute Gasteiger partial charge is 0.480 e. The van der Waals surface area contributed by atoms with Crippen LogP contribution in [0, 0.1) is 0 Å². The molecule has 0 bridgehead atoms. The number of β-amino-alcohol motifs (C(OH)–C–C–N with tert-alkyl or cyclic N) is 1. The predicted octanol–water partition coefficient (Wildman–Crippen LogP) is 1.72. The highest BCUT2D eigenvalue weighted by Crippen LogP contribution is 2.27. The number of aliphatic carboxylic acids is 1. The first-order chi connectivity index (χ1) is 9.43. The van der Waals surface area contributed by atoms with Gasteiger partial charge in [0.1, 0.15) is 6.04 Å². The van der Waals surface area contributed by atoms with Crippen molar-refractivity contribution in [1.82, 2.24) is 4.90 Å². The SMILES string of the molecule is CSc1ccc(Cl)c(C(=O)N2C[C@H](O)C[C@@H]2C(=O)O)c1. The van der Waals surface area contributed by atoms with Gasteiger partial charge in [0, 0.05) is 17.9 Å². The zero-order valence-electron chi connectivity index (χ0n) is 10.7. The molecule has 1 aromatic rings. The minimum atomic E-state index is -1.12. The number of carbonyl (C=O) groups excluding carboxylic acids is 1. The first kappa shape index (κ1) is 15.2. The van der Waals surface area contributed by atoms with E-state index in [0.29, 0.717) is 0 Å². The van der Waals surface area contributed by atoms with Crippen molar-refractivity contribution >= 4 is 35.2 Å². The Balaban J connectivity index is 2.33. The standard InChI is InChI=1S/C13H14ClNO4S/c1-20-8-2-3-10(14)9(5-8)12(17)15-6-7(16)4-11(15)13(18)19/h2-3,5,7,11,16H,4,6H2,1H3,(H,18,19)/t7-,11-/m1/s1. The van der Waals surface area contributed by atoms with Crippen LogP contribution in [0.15, 0.2) is 23.1 Å². The highest BCUT2D eigenvalue weighted by molar-refractivity contribution is 7.98. The molecule has 5 nitrogen and oxygen atoms in total. The third-order valence-electron chi connectivity index (χ3n) is 3.23. The number of aliphatic hydroxyl groups excluding tert-OH is 1. The van der Waals surface area contributed by atoms with Gasteiger partial charge in [-0.15, -0.1) is 11.8 Å². The van der Waals surface area contributed by atoms with Crippen LogP contribution >= 0.6 is 23.4 Å². The topological polar surface area (TPSA) is 77.8 Å². The van der Waals surface area contributed by atoms with Crippen LogP contribution in [0.25, 0.3) is 0 Å². The number of carboxylic acid groups (broad SMARTS) is 1. The van der Waals surface area contributed by atoms with E-state index >= 15 is 0 Å². The molecule has 1 aliphatic heterocycles. The first-order valence-electron chi connectivity index (χ1n) is 5.99. The summed E-state index contributed by atoms with van der Waals surface area (Å²) in [5.41, 5.74) is 0.263. The number of aliphatic hydroxyl groups is 1. The van der Waals surface area contributed by atoms with Crippen molar-refractivity contribution in [3.05, 3.63) is 28.8 Å². The monoisotopic (exact) mass is 315 g/mol. The zero-order chi connectivity index (χ0) is 14.9. The lowest BCUT2D eigenvalue weighted by Crippen LogP contribution is -2.40. The van der Waals surface area contributed by atoms with E-state index in [-0.39, 0.29) is 23.6 Å². The molecule has 0 aromatic heterocycles. The maximum Gasteiger partial charge on any atom is 0.326 e. The van der Waals surface area contributed by atoms with Crippen LogP contribution in [0.3, 0.4) is 0 Å². The Morgan fingerprint density at radius 2 is 2.15 bits per heavy atom. The Morgan fingerprint density at radius 3 is 2.75 bits per heavy atom. The van der Waals surface area contributed by atoms with E-state index in [9.17, 15) is 14.7 Å². The van der Waals surface area contributed by atoms with Crippen molar-refractivity contribution < 1.29 is 19.8 Å². The van der Waals surface area contributed by atoms with Crippen LogP contribution in [0.4, 0.5) is 0 Å². The summed E-state index contributed by atoms with van der Waals surface area (Å²) in [6.45, 7) is 0.00955. The molecular formula is C13H14ClNO4S. The zero-order valence-corrected chi connectivity index (χ0v) is 12.3. The van der Waals surface area contributed by atoms with E-state index in [2.05, 4.69) is 0 Å². The quantitative estimate of drug-likeness (QED) is 0.831. The Labute approximate surface area is 125 Å². The number of carboxylic acids is 1. The molecule has 0 saturated carbocycles. The molecule has 0 radical (unpaired) electrons. The number of rotatable bonds is 3. The molecule has 1 aliphatic rings. The lowest BCUT2D eigenvalue weighted by atomic mass is 10.1. The van der Waals surface area contributed by atoms with Crippen LogP contribution in [0.2, 0.25) is 5.02 Å². The van der Waals surface area contributed by atoms with Crippen LogP contribution < -0.4 is 0 Å². The van der Waals surface area contributed by atoms with Crippen LogP contribution in [-0.4, -0.2) is 51.9 Å². The molecule has 0 unspecified atom stereocenters. The van der Waals surface area contributed by atoms with Gasteiger partial charge >= 0.3 is 5.97 Å². The van der Waals surface area contributed by atoms with Gasteiger partial charge < -0.3 is 15.1 Å².